The number of carbonyl (C=O) groups is 2. The molecule has 1 aliphatic carbocycles. The van der Waals surface area contributed by atoms with Crippen LogP contribution in [0.25, 0.3) is 0 Å². The van der Waals surface area contributed by atoms with Crippen LogP contribution in [0.1, 0.15) is 42.2 Å². The molecule has 1 aliphatic heterocycles. The molecule has 1 aromatic heterocycles. The summed E-state index contributed by atoms with van der Waals surface area (Å²) in [5.74, 6) is 1.41. The predicted octanol–water partition coefficient (Wildman–Crippen LogP) is 4.86. The largest absolute Gasteiger partial charge is 0.497 e. The molecule has 7 nitrogen and oxygen atoms in total. The van der Waals surface area contributed by atoms with Crippen molar-refractivity contribution < 1.29 is 23.8 Å². The average Bonchev–Trinajstić information content (AvgIpc) is 3.65. The molecule has 2 amide bonds. The second-order valence-corrected chi connectivity index (χ2v) is 9.76. The number of fused-ring (bicyclic) bond motifs is 1. The molecule has 1 saturated carbocycles. The van der Waals surface area contributed by atoms with Gasteiger partial charge in [-0.2, -0.15) is 0 Å². The second-order valence-electron chi connectivity index (χ2n) is 8.73. The number of nitrogens with zero attached hydrogens (tertiary/aromatic N) is 1. The van der Waals surface area contributed by atoms with Crippen molar-refractivity contribution in [3.8, 4) is 17.2 Å². The van der Waals surface area contributed by atoms with E-state index in [9.17, 15) is 9.59 Å². The van der Waals surface area contributed by atoms with Crippen molar-refractivity contribution in [1.29, 1.82) is 0 Å². The number of methoxy groups -OCH3 is 1. The van der Waals surface area contributed by atoms with E-state index in [2.05, 4.69) is 5.32 Å². The summed E-state index contributed by atoms with van der Waals surface area (Å²) in [6.07, 6.45) is 4.27. The first-order chi connectivity index (χ1) is 17.1. The number of benzene rings is 2. The van der Waals surface area contributed by atoms with E-state index in [1.807, 2.05) is 41.8 Å². The molecule has 0 unspecified atom stereocenters. The summed E-state index contributed by atoms with van der Waals surface area (Å²) in [5.41, 5.74) is 1.25. The highest BCUT2D eigenvalue weighted by Gasteiger charge is 2.35. The van der Waals surface area contributed by atoms with Crippen molar-refractivity contribution in [2.24, 2.45) is 0 Å². The molecule has 2 aliphatic rings. The Kier molecular flexibility index (Phi) is 6.90. The molecule has 0 saturated heterocycles. The molecule has 2 heterocycles. The van der Waals surface area contributed by atoms with E-state index in [0.29, 0.717) is 28.5 Å². The number of rotatable bonds is 8. The van der Waals surface area contributed by atoms with Gasteiger partial charge in [-0.05, 0) is 54.1 Å². The number of anilines is 1. The third-order valence-corrected chi connectivity index (χ3v) is 7.30. The van der Waals surface area contributed by atoms with Gasteiger partial charge in [-0.15, -0.1) is 11.3 Å². The molecule has 5 rings (SSSR count). The minimum absolute atomic E-state index is 0.113. The van der Waals surface area contributed by atoms with E-state index < -0.39 is 6.04 Å². The van der Waals surface area contributed by atoms with E-state index in [-0.39, 0.29) is 31.1 Å². The highest BCUT2D eigenvalue weighted by Crippen LogP contribution is 2.39. The summed E-state index contributed by atoms with van der Waals surface area (Å²) in [6.45, 7) is 0.128. The van der Waals surface area contributed by atoms with Gasteiger partial charge in [-0.25, -0.2) is 0 Å². The van der Waals surface area contributed by atoms with Gasteiger partial charge >= 0.3 is 0 Å². The lowest BCUT2D eigenvalue weighted by molar-refractivity contribution is -0.127. The molecule has 0 spiro atoms. The van der Waals surface area contributed by atoms with E-state index in [4.69, 9.17) is 14.2 Å². The van der Waals surface area contributed by atoms with E-state index >= 15 is 0 Å². The summed E-state index contributed by atoms with van der Waals surface area (Å²) < 4.78 is 16.5. The van der Waals surface area contributed by atoms with Crippen molar-refractivity contribution in [2.45, 2.75) is 44.2 Å². The molecular weight excluding hydrogens is 464 g/mol. The SMILES string of the molecule is COc1cccc([C@H](C(=O)NC2CCCC2)N(C(=O)Cc2cccs2)c2ccc3c(c2)OCO3)c1. The Morgan fingerprint density at radius 3 is 2.69 bits per heavy atom. The lowest BCUT2D eigenvalue weighted by Crippen LogP contribution is -2.46. The first kappa shape index (κ1) is 23.2. The van der Waals surface area contributed by atoms with Crippen LogP contribution in [0.5, 0.6) is 17.2 Å². The maximum atomic E-state index is 13.9. The quantitative estimate of drug-likeness (QED) is 0.486. The van der Waals surface area contributed by atoms with Crippen LogP contribution in [0.4, 0.5) is 5.69 Å². The van der Waals surface area contributed by atoms with E-state index in [1.165, 1.54) is 11.3 Å². The normalized spacial score (nSPS) is 15.6. The predicted molar refractivity (Wildman–Crippen MR) is 134 cm³/mol. The Morgan fingerprint density at radius 2 is 1.91 bits per heavy atom. The minimum atomic E-state index is -0.876. The summed E-state index contributed by atoms with van der Waals surface area (Å²) in [4.78, 5) is 30.2. The molecule has 0 bridgehead atoms. The Hall–Kier alpha value is -3.52. The van der Waals surface area contributed by atoms with Gasteiger partial charge in [-0.3, -0.25) is 14.5 Å². The minimum Gasteiger partial charge on any atom is -0.497 e. The molecule has 1 atom stereocenters. The molecule has 8 heteroatoms. The summed E-state index contributed by atoms with van der Waals surface area (Å²) in [6, 6.07) is 15.8. The number of hydrogen-bond donors (Lipinski definition) is 1. The molecule has 0 radical (unpaired) electrons. The highest BCUT2D eigenvalue weighted by molar-refractivity contribution is 7.10. The topological polar surface area (TPSA) is 77.1 Å². The van der Waals surface area contributed by atoms with Crippen LogP contribution in [-0.4, -0.2) is 31.8 Å². The maximum absolute atomic E-state index is 13.9. The summed E-state index contributed by atoms with van der Waals surface area (Å²) >= 11 is 1.52. The van der Waals surface area contributed by atoms with Crippen LogP contribution in [0, 0.1) is 0 Å². The fraction of sp³-hybridized carbons (Fsp3) is 0.333. The van der Waals surface area contributed by atoms with Crippen molar-refractivity contribution in [1.82, 2.24) is 5.32 Å². The fourth-order valence-electron chi connectivity index (χ4n) is 4.70. The van der Waals surface area contributed by atoms with Crippen molar-refractivity contribution in [3.63, 3.8) is 0 Å². The zero-order chi connectivity index (χ0) is 24.2. The van der Waals surface area contributed by atoms with Crippen LogP contribution in [-0.2, 0) is 16.0 Å². The number of ether oxygens (including phenoxy) is 3. The molecule has 182 valence electrons. The van der Waals surface area contributed by atoms with Crippen LogP contribution < -0.4 is 24.4 Å². The van der Waals surface area contributed by atoms with Crippen LogP contribution in [0.15, 0.2) is 60.0 Å². The van der Waals surface area contributed by atoms with Gasteiger partial charge in [0.1, 0.15) is 11.8 Å². The van der Waals surface area contributed by atoms with Gasteiger partial charge in [0.25, 0.3) is 0 Å². The molecular formula is C27H28N2O5S. The standard InChI is InChI=1S/C27H28N2O5S/c1-32-21-9-4-6-18(14-21)26(27(31)28-19-7-2-3-8-19)29(25(30)16-22-10-5-13-35-22)20-11-12-23-24(15-20)34-17-33-23/h4-6,9-15,19,26H,2-3,7-8,16-17H2,1H3,(H,28,31)/t26-/m1/s1. The lowest BCUT2D eigenvalue weighted by atomic mass is 10.0. The van der Waals surface area contributed by atoms with Gasteiger partial charge < -0.3 is 19.5 Å². The highest BCUT2D eigenvalue weighted by atomic mass is 32.1. The monoisotopic (exact) mass is 492 g/mol. The van der Waals surface area contributed by atoms with E-state index in [0.717, 1.165) is 30.6 Å². The smallest absolute Gasteiger partial charge is 0.248 e. The molecule has 2 aromatic carbocycles. The summed E-state index contributed by atoms with van der Waals surface area (Å²) in [7, 11) is 1.59. The van der Waals surface area contributed by atoms with Crippen molar-refractivity contribution in [2.75, 3.05) is 18.8 Å². The van der Waals surface area contributed by atoms with Gasteiger partial charge in [0.05, 0.1) is 13.5 Å². The van der Waals surface area contributed by atoms with Crippen molar-refractivity contribution in [3.05, 3.63) is 70.4 Å². The Balaban J connectivity index is 1.58. The average molecular weight is 493 g/mol. The lowest BCUT2D eigenvalue weighted by Gasteiger charge is -2.32. The number of amides is 2. The number of nitrogens with one attached hydrogen (secondary N) is 1. The zero-order valence-electron chi connectivity index (χ0n) is 19.6. The second kappa shape index (κ2) is 10.4. The molecule has 3 aromatic rings. The Morgan fingerprint density at radius 1 is 1.09 bits per heavy atom. The van der Waals surface area contributed by atoms with Gasteiger partial charge in [0.15, 0.2) is 11.5 Å². The summed E-state index contributed by atoms with van der Waals surface area (Å²) in [5, 5.41) is 5.15. The van der Waals surface area contributed by atoms with Crippen molar-refractivity contribution >= 4 is 28.8 Å². The molecule has 1 fully saturated rings. The number of hydrogen-bond acceptors (Lipinski definition) is 6. The van der Waals surface area contributed by atoms with Crippen LogP contribution in [0.2, 0.25) is 0 Å². The first-order valence-corrected chi connectivity index (χ1v) is 12.7. The Labute approximate surface area is 208 Å². The molecule has 1 N–H and O–H groups in total. The number of thiophene rings is 1. The van der Waals surface area contributed by atoms with Gasteiger partial charge in [0.2, 0.25) is 18.6 Å². The van der Waals surface area contributed by atoms with Gasteiger partial charge in [-0.1, -0.05) is 31.0 Å². The van der Waals surface area contributed by atoms with Gasteiger partial charge in [0, 0.05) is 22.7 Å². The van der Waals surface area contributed by atoms with Crippen LogP contribution >= 0.6 is 11.3 Å². The first-order valence-electron chi connectivity index (χ1n) is 11.8. The molecule has 35 heavy (non-hydrogen) atoms. The third-order valence-electron chi connectivity index (χ3n) is 6.43. The third kappa shape index (κ3) is 5.12. The number of carbonyl (C=O) groups excluding carboxylic acids is 2. The van der Waals surface area contributed by atoms with Crippen LogP contribution in [0.3, 0.4) is 0 Å². The van der Waals surface area contributed by atoms with E-state index in [1.54, 1.807) is 30.2 Å². The fourth-order valence-corrected chi connectivity index (χ4v) is 5.39. The maximum Gasteiger partial charge on any atom is 0.248 e. The Bertz CT molecular complexity index is 1190. The zero-order valence-corrected chi connectivity index (χ0v) is 20.4.